The number of benzene rings is 1. The van der Waals surface area contributed by atoms with Gasteiger partial charge in [-0.1, -0.05) is 27.2 Å². The third-order valence-electron chi connectivity index (χ3n) is 5.85. The topological polar surface area (TPSA) is 76.7 Å². The molecule has 0 saturated heterocycles. The highest BCUT2D eigenvalue weighted by atomic mass is 16.5. The van der Waals surface area contributed by atoms with Crippen LogP contribution < -0.4 is 20.1 Å². The van der Waals surface area contributed by atoms with E-state index in [1.54, 1.807) is 32.4 Å². The fourth-order valence-corrected chi connectivity index (χ4v) is 3.61. The lowest BCUT2D eigenvalue weighted by atomic mass is 9.82. The molecule has 6 nitrogen and oxygen atoms in total. The Hall–Kier alpha value is -2.24. The quantitative estimate of drug-likeness (QED) is 0.703. The molecule has 0 bridgehead atoms. The number of methoxy groups -OCH3 is 2. The van der Waals surface area contributed by atoms with Crippen LogP contribution in [0.15, 0.2) is 18.2 Å². The van der Waals surface area contributed by atoms with Crippen molar-refractivity contribution in [2.24, 2.45) is 17.8 Å². The molecule has 1 aliphatic rings. The van der Waals surface area contributed by atoms with Gasteiger partial charge in [0.05, 0.1) is 19.9 Å². The average Bonchev–Trinajstić information content (AvgIpc) is 2.71. The molecule has 28 heavy (non-hydrogen) atoms. The monoisotopic (exact) mass is 390 g/mol. The molecule has 0 heterocycles. The van der Waals surface area contributed by atoms with E-state index in [0.29, 0.717) is 23.1 Å². The number of hydrogen-bond donors (Lipinski definition) is 2. The number of carbonyl (C=O) groups excluding carboxylic acids is 2. The molecule has 6 heteroatoms. The van der Waals surface area contributed by atoms with Crippen LogP contribution in [-0.4, -0.2) is 32.1 Å². The lowest BCUT2D eigenvalue weighted by Gasteiger charge is -2.29. The molecule has 2 amide bonds. The van der Waals surface area contributed by atoms with Gasteiger partial charge < -0.3 is 20.1 Å². The number of rotatable bonds is 8. The summed E-state index contributed by atoms with van der Waals surface area (Å²) in [5.41, 5.74) is 0.558. The lowest BCUT2D eigenvalue weighted by Crippen LogP contribution is -2.49. The van der Waals surface area contributed by atoms with Gasteiger partial charge in [0.25, 0.3) is 0 Å². The van der Waals surface area contributed by atoms with E-state index in [1.165, 1.54) is 0 Å². The minimum Gasteiger partial charge on any atom is -0.497 e. The second-order valence-corrected chi connectivity index (χ2v) is 7.88. The van der Waals surface area contributed by atoms with E-state index in [2.05, 4.69) is 17.6 Å². The van der Waals surface area contributed by atoms with Crippen molar-refractivity contribution in [3.8, 4) is 11.5 Å². The first-order chi connectivity index (χ1) is 13.4. The van der Waals surface area contributed by atoms with Gasteiger partial charge in [-0.05, 0) is 49.7 Å². The van der Waals surface area contributed by atoms with Crippen LogP contribution in [0.4, 0.5) is 5.69 Å². The van der Waals surface area contributed by atoms with Gasteiger partial charge in [-0.3, -0.25) is 9.59 Å². The van der Waals surface area contributed by atoms with Crippen molar-refractivity contribution < 1.29 is 19.1 Å². The molecule has 2 rings (SSSR count). The van der Waals surface area contributed by atoms with Crippen LogP contribution in [0.5, 0.6) is 11.5 Å². The van der Waals surface area contributed by atoms with Gasteiger partial charge in [-0.25, -0.2) is 0 Å². The summed E-state index contributed by atoms with van der Waals surface area (Å²) in [6.45, 7) is 6.23. The summed E-state index contributed by atoms with van der Waals surface area (Å²) in [7, 11) is 3.12. The summed E-state index contributed by atoms with van der Waals surface area (Å²) >= 11 is 0. The van der Waals surface area contributed by atoms with E-state index >= 15 is 0 Å². The minimum atomic E-state index is -0.580. The first kappa shape index (κ1) is 22.1. The largest absolute Gasteiger partial charge is 0.497 e. The average molecular weight is 391 g/mol. The van der Waals surface area contributed by atoms with E-state index in [9.17, 15) is 9.59 Å². The molecule has 2 unspecified atom stereocenters. The maximum absolute atomic E-state index is 13.0. The van der Waals surface area contributed by atoms with Crippen LogP contribution in [0, 0.1) is 17.8 Å². The molecule has 2 atom stereocenters. The summed E-state index contributed by atoms with van der Waals surface area (Å²) in [6, 6.07) is 4.64. The van der Waals surface area contributed by atoms with Gasteiger partial charge in [0.15, 0.2) is 0 Å². The summed E-state index contributed by atoms with van der Waals surface area (Å²) < 4.78 is 10.6. The molecular formula is C22H34N2O4. The zero-order chi connectivity index (χ0) is 20.7. The van der Waals surface area contributed by atoms with Crippen LogP contribution in [0.3, 0.4) is 0 Å². The van der Waals surface area contributed by atoms with E-state index in [-0.39, 0.29) is 23.7 Å². The molecule has 1 fully saturated rings. The highest BCUT2D eigenvalue weighted by Crippen LogP contribution is 2.30. The van der Waals surface area contributed by atoms with Crippen molar-refractivity contribution in [2.75, 3.05) is 19.5 Å². The number of amides is 2. The fraction of sp³-hybridized carbons (Fsp3) is 0.636. The third-order valence-corrected chi connectivity index (χ3v) is 5.85. The van der Waals surface area contributed by atoms with Crippen molar-refractivity contribution in [1.82, 2.24) is 5.32 Å². The highest BCUT2D eigenvalue weighted by molar-refractivity contribution is 5.98. The van der Waals surface area contributed by atoms with Crippen molar-refractivity contribution in [2.45, 2.75) is 58.9 Å². The standard InChI is InChI=1S/C22H34N2O4/c1-6-15(3)20(24-21(25)16-9-7-14(2)8-10-16)22(26)23-18-12-11-17(27-4)13-19(18)28-5/h11-16,20H,6-10H2,1-5H3,(H,23,26)(H,24,25). The van der Waals surface area contributed by atoms with Gasteiger partial charge in [0.2, 0.25) is 11.8 Å². The van der Waals surface area contributed by atoms with Crippen molar-refractivity contribution >= 4 is 17.5 Å². The van der Waals surface area contributed by atoms with Gasteiger partial charge >= 0.3 is 0 Å². The molecule has 156 valence electrons. The van der Waals surface area contributed by atoms with E-state index in [1.807, 2.05) is 13.8 Å². The van der Waals surface area contributed by atoms with Crippen LogP contribution in [-0.2, 0) is 9.59 Å². The zero-order valence-electron chi connectivity index (χ0n) is 17.7. The minimum absolute atomic E-state index is 0.00551. The molecule has 1 saturated carbocycles. The highest BCUT2D eigenvalue weighted by Gasteiger charge is 2.31. The van der Waals surface area contributed by atoms with E-state index < -0.39 is 6.04 Å². The van der Waals surface area contributed by atoms with Crippen LogP contribution in [0.2, 0.25) is 0 Å². The molecule has 1 aromatic carbocycles. The van der Waals surface area contributed by atoms with Crippen LogP contribution in [0.1, 0.15) is 52.9 Å². The summed E-state index contributed by atoms with van der Waals surface area (Å²) in [5, 5.41) is 5.93. The molecule has 1 aliphatic carbocycles. The predicted octanol–water partition coefficient (Wildman–Crippen LogP) is 4.00. The molecule has 0 aromatic heterocycles. The van der Waals surface area contributed by atoms with Crippen molar-refractivity contribution in [1.29, 1.82) is 0 Å². The third kappa shape index (κ3) is 5.63. The number of carbonyl (C=O) groups is 2. The van der Waals surface area contributed by atoms with Gasteiger partial charge in [-0.15, -0.1) is 0 Å². The smallest absolute Gasteiger partial charge is 0.247 e. The van der Waals surface area contributed by atoms with Gasteiger partial charge in [0.1, 0.15) is 17.5 Å². The number of anilines is 1. The summed E-state index contributed by atoms with van der Waals surface area (Å²) in [4.78, 5) is 25.8. The first-order valence-electron chi connectivity index (χ1n) is 10.2. The predicted molar refractivity (Wildman–Crippen MR) is 111 cm³/mol. The second-order valence-electron chi connectivity index (χ2n) is 7.88. The molecule has 0 spiro atoms. The Morgan fingerprint density at radius 1 is 1.14 bits per heavy atom. The second kappa shape index (κ2) is 10.3. The Morgan fingerprint density at radius 2 is 1.82 bits per heavy atom. The Bertz CT molecular complexity index is 669. The Labute approximate surface area is 168 Å². The van der Waals surface area contributed by atoms with Crippen LogP contribution >= 0.6 is 0 Å². The molecule has 2 N–H and O–H groups in total. The SMILES string of the molecule is CCC(C)C(NC(=O)C1CCC(C)CC1)C(=O)Nc1ccc(OC)cc1OC. The Balaban J connectivity index is 2.10. The maximum atomic E-state index is 13.0. The maximum Gasteiger partial charge on any atom is 0.247 e. The Morgan fingerprint density at radius 3 is 2.39 bits per heavy atom. The van der Waals surface area contributed by atoms with E-state index in [0.717, 1.165) is 32.1 Å². The molecule has 0 aliphatic heterocycles. The molecular weight excluding hydrogens is 356 g/mol. The Kier molecular flexibility index (Phi) is 8.15. The summed E-state index contributed by atoms with van der Waals surface area (Å²) in [6.07, 6.45) is 4.73. The number of ether oxygens (including phenoxy) is 2. The molecule has 1 aromatic rings. The van der Waals surface area contributed by atoms with Crippen molar-refractivity contribution in [3.63, 3.8) is 0 Å². The molecule has 0 radical (unpaired) electrons. The first-order valence-corrected chi connectivity index (χ1v) is 10.2. The van der Waals surface area contributed by atoms with E-state index in [4.69, 9.17) is 9.47 Å². The van der Waals surface area contributed by atoms with Crippen LogP contribution in [0.25, 0.3) is 0 Å². The van der Waals surface area contributed by atoms with Gasteiger partial charge in [-0.2, -0.15) is 0 Å². The van der Waals surface area contributed by atoms with Crippen molar-refractivity contribution in [3.05, 3.63) is 18.2 Å². The normalized spacial score (nSPS) is 21.3. The zero-order valence-corrected chi connectivity index (χ0v) is 17.7. The number of hydrogen-bond acceptors (Lipinski definition) is 4. The number of nitrogens with one attached hydrogen (secondary N) is 2. The lowest BCUT2D eigenvalue weighted by molar-refractivity contribution is -0.131. The summed E-state index contributed by atoms with van der Waals surface area (Å²) in [5.74, 6) is 1.64. The van der Waals surface area contributed by atoms with Gasteiger partial charge in [0, 0.05) is 12.0 Å². The fourth-order valence-electron chi connectivity index (χ4n) is 3.61.